The standard InChI is InChI=1S/C11H11F3OS2/c1-3-8(15)7-5-4-6-9(16-2)10(7)17-11(12,13)14/h4-6H,3H2,1-2H3. The molecule has 0 aliphatic heterocycles. The number of hydrogen-bond donors (Lipinski definition) is 0. The van der Waals surface area contributed by atoms with Crippen LogP contribution in [0.1, 0.15) is 23.7 Å². The average molecular weight is 280 g/mol. The van der Waals surface area contributed by atoms with Crippen molar-refractivity contribution in [3.8, 4) is 0 Å². The van der Waals surface area contributed by atoms with E-state index in [4.69, 9.17) is 0 Å². The Morgan fingerprint density at radius 3 is 2.47 bits per heavy atom. The van der Waals surface area contributed by atoms with Gasteiger partial charge in [0.25, 0.3) is 0 Å². The normalized spacial score (nSPS) is 11.6. The van der Waals surface area contributed by atoms with Gasteiger partial charge in [0.15, 0.2) is 5.78 Å². The fraction of sp³-hybridized carbons (Fsp3) is 0.364. The number of hydrogen-bond acceptors (Lipinski definition) is 3. The predicted molar refractivity (Wildman–Crippen MR) is 64.8 cm³/mol. The van der Waals surface area contributed by atoms with Gasteiger partial charge in [0.1, 0.15) is 0 Å². The smallest absolute Gasteiger partial charge is 0.294 e. The molecule has 0 spiro atoms. The Hall–Kier alpha value is -0.620. The third kappa shape index (κ3) is 3.96. The third-order valence-electron chi connectivity index (χ3n) is 2.04. The quantitative estimate of drug-likeness (QED) is 0.592. The van der Waals surface area contributed by atoms with Gasteiger partial charge >= 0.3 is 5.51 Å². The van der Waals surface area contributed by atoms with Crippen LogP contribution >= 0.6 is 23.5 Å². The first kappa shape index (κ1) is 14.4. The van der Waals surface area contributed by atoms with Gasteiger partial charge in [-0.1, -0.05) is 19.1 Å². The fourth-order valence-corrected chi connectivity index (χ4v) is 2.88. The van der Waals surface area contributed by atoms with Crippen molar-refractivity contribution in [2.75, 3.05) is 6.26 Å². The summed E-state index contributed by atoms with van der Waals surface area (Å²) in [4.78, 5) is 12.1. The highest BCUT2D eigenvalue weighted by molar-refractivity contribution is 8.02. The van der Waals surface area contributed by atoms with Crippen molar-refractivity contribution in [1.82, 2.24) is 0 Å². The predicted octanol–water partition coefficient (Wildman–Crippen LogP) is 4.61. The summed E-state index contributed by atoms with van der Waals surface area (Å²) in [6, 6.07) is 4.64. The lowest BCUT2D eigenvalue weighted by Gasteiger charge is -2.13. The van der Waals surface area contributed by atoms with Crippen molar-refractivity contribution < 1.29 is 18.0 Å². The van der Waals surface area contributed by atoms with Crippen molar-refractivity contribution in [2.24, 2.45) is 0 Å². The molecule has 0 amide bonds. The SMILES string of the molecule is CCC(=O)c1cccc(SC)c1SC(F)(F)F. The minimum atomic E-state index is -4.38. The van der Waals surface area contributed by atoms with Gasteiger partial charge in [-0.3, -0.25) is 4.79 Å². The molecule has 17 heavy (non-hydrogen) atoms. The summed E-state index contributed by atoms with van der Waals surface area (Å²) in [6.07, 6.45) is 1.89. The second-order valence-corrected chi connectivity index (χ2v) is 5.08. The molecule has 0 aliphatic rings. The first-order valence-electron chi connectivity index (χ1n) is 4.85. The van der Waals surface area contributed by atoms with Crippen molar-refractivity contribution in [1.29, 1.82) is 0 Å². The number of ketones is 1. The zero-order valence-corrected chi connectivity index (χ0v) is 10.9. The molecule has 0 fully saturated rings. The van der Waals surface area contributed by atoms with E-state index in [-0.39, 0.29) is 34.4 Å². The van der Waals surface area contributed by atoms with Gasteiger partial charge in [0, 0.05) is 21.8 Å². The van der Waals surface area contributed by atoms with Crippen LogP contribution in [0.25, 0.3) is 0 Å². The second kappa shape index (κ2) is 5.82. The summed E-state index contributed by atoms with van der Waals surface area (Å²) in [6.45, 7) is 1.64. The molecule has 0 saturated heterocycles. The largest absolute Gasteiger partial charge is 0.446 e. The van der Waals surface area contributed by atoms with Crippen molar-refractivity contribution >= 4 is 29.3 Å². The molecule has 0 saturated carbocycles. The van der Waals surface area contributed by atoms with Crippen molar-refractivity contribution in [3.05, 3.63) is 23.8 Å². The highest BCUT2D eigenvalue weighted by Gasteiger charge is 2.32. The molecule has 0 atom stereocenters. The highest BCUT2D eigenvalue weighted by Crippen LogP contribution is 2.43. The summed E-state index contributed by atoms with van der Waals surface area (Å²) in [5.41, 5.74) is -4.23. The summed E-state index contributed by atoms with van der Waals surface area (Å²) in [7, 11) is 0. The zero-order valence-electron chi connectivity index (χ0n) is 9.30. The van der Waals surface area contributed by atoms with E-state index in [2.05, 4.69) is 0 Å². The minimum Gasteiger partial charge on any atom is -0.294 e. The Labute approximate surface area is 106 Å². The number of alkyl halides is 3. The van der Waals surface area contributed by atoms with Crippen LogP contribution in [-0.2, 0) is 0 Å². The summed E-state index contributed by atoms with van der Waals surface area (Å²) >= 11 is 0.986. The van der Waals surface area contributed by atoms with Crippen molar-refractivity contribution in [2.45, 2.75) is 28.6 Å². The Morgan fingerprint density at radius 1 is 1.35 bits per heavy atom. The number of carbonyl (C=O) groups excluding carboxylic acids is 1. The van der Waals surface area contributed by atoms with E-state index < -0.39 is 5.51 Å². The van der Waals surface area contributed by atoms with Crippen molar-refractivity contribution in [3.63, 3.8) is 0 Å². The number of halogens is 3. The molecule has 0 heterocycles. The molecule has 0 bridgehead atoms. The molecule has 1 rings (SSSR count). The second-order valence-electron chi connectivity index (χ2n) is 3.16. The number of thioether (sulfide) groups is 2. The van der Waals surface area contributed by atoms with Gasteiger partial charge in [-0.05, 0) is 24.1 Å². The maximum Gasteiger partial charge on any atom is 0.446 e. The lowest BCUT2D eigenvalue weighted by molar-refractivity contribution is -0.0329. The monoisotopic (exact) mass is 280 g/mol. The molecule has 0 aliphatic carbocycles. The van der Waals surface area contributed by atoms with Gasteiger partial charge in [-0.15, -0.1) is 11.8 Å². The molecule has 6 heteroatoms. The number of Topliss-reactive ketones (excluding diaryl/α,β-unsaturated/α-hetero) is 1. The van der Waals surface area contributed by atoms with Crippen LogP contribution in [0.2, 0.25) is 0 Å². The zero-order chi connectivity index (χ0) is 13.1. The van der Waals surface area contributed by atoms with Crippen LogP contribution in [0.15, 0.2) is 28.0 Å². The Balaban J connectivity index is 3.25. The van der Waals surface area contributed by atoms with E-state index >= 15 is 0 Å². The van der Waals surface area contributed by atoms with E-state index in [1.54, 1.807) is 25.3 Å². The molecular weight excluding hydrogens is 269 g/mol. The summed E-state index contributed by atoms with van der Waals surface area (Å²) < 4.78 is 37.3. The van der Waals surface area contributed by atoms with Gasteiger partial charge in [0.2, 0.25) is 0 Å². The highest BCUT2D eigenvalue weighted by atomic mass is 32.2. The molecule has 0 aromatic heterocycles. The Kier molecular flexibility index (Phi) is 4.94. The first-order chi connectivity index (χ1) is 7.89. The minimum absolute atomic E-state index is 0.0133. The van der Waals surface area contributed by atoms with Crippen LogP contribution in [0.5, 0.6) is 0 Å². The van der Waals surface area contributed by atoms with E-state index in [9.17, 15) is 18.0 Å². The first-order valence-corrected chi connectivity index (χ1v) is 6.89. The van der Waals surface area contributed by atoms with E-state index in [1.807, 2.05) is 0 Å². The van der Waals surface area contributed by atoms with Crippen LogP contribution in [0.4, 0.5) is 13.2 Å². The topological polar surface area (TPSA) is 17.1 Å². The summed E-state index contributed by atoms with van der Waals surface area (Å²) in [5.74, 6) is -0.271. The average Bonchev–Trinajstić information content (AvgIpc) is 2.26. The Bertz CT molecular complexity index is 416. The van der Waals surface area contributed by atoms with Gasteiger partial charge in [0.05, 0.1) is 0 Å². The third-order valence-corrected chi connectivity index (χ3v) is 3.82. The van der Waals surface area contributed by atoms with E-state index in [0.29, 0.717) is 4.90 Å². The lowest BCUT2D eigenvalue weighted by Crippen LogP contribution is -2.05. The van der Waals surface area contributed by atoms with Gasteiger partial charge < -0.3 is 0 Å². The molecular formula is C11H11F3OS2. The molecule has 94 valence electrons. The van der Waals surface area contributed by atoms with E-state index in [1.165, 1.54) is 17.8 Å². The molecule has 1 aromatic rings. The number of rotatable bonds is 4. The van der Waals surface area contributed by atoms with Crippen LogP contribution in [0.3, 0.4) is 0 Å². The van der Waals surface area contributed by atoms with E-state index in [0.717, 1.165) is 0 Å². The fourth-order valence-electron chi connectivity index (χ4n) is 1.31. The maximum atomic E-state index is 12.4. The lowest BCUT2D eigenvalue weighted by atomic mass is 10.1. The molecule has 0 radical (unpaired) electrons. The van der Waals surface area contributed by atoms with Crippen LogP contribution < -0.4 is 0 Å². The molecule has 1 aromatic carbocycles. The summed E-state index contributed by atoms with van der Waals surface area (Å²) in [5, 5.41) is 0. The molecule has 0 N–H and O–H groups in total. The van der Waals surface area contributed by atoms with Gasteiger partial charge in [-0.25, -0.2) is 0 Å². The number of carbonyl (C=O) groups is 1. The molecule has 0 unspecified atom stereocenters. The van der Waals surface area contributed by atoms with Crippen LogP contribution in [-0.4, -0.2) is 17.5 Å². The van der Waals surface area contributed by atoms with Gasteiger partial charge in [-0.2, -0.15) is 13.2 Å². The molecule has 1 nitrogen and oxygen atoms in total. The Morgan fingerprint density at radius 2 is 2.00 bits per heavy atom. The maximum absolute atomic E-state index is 12.4. The number of benzene rings is 1. The van der Waals surface area contributed by atoms with Crippen LogP contribution in [0, 0.1) is 0 Å².